The molecular formula is C18H21N5O3. The fraction of sp³-hybridized carbons (Fsp3) is 0.333. The van der Waals surface area contributed by atoms with Crippen LogP contribution in [0.2, 0.25) is 0 Å². The maximum absolute atomic E-state index is 12.3. The van der Waals surface area contributed by atoms with E-state index in [1.807, 2.05) is 6.07 Å². The third-order valence-electron chi connectivity index (χ3n) is 4.57. The molecule has 1 aromatic carbocycles. The molecule has 0 unspecified atom stereocenters. The Kier molecular flexibility index (Phi) is 5.31. The Balaban J connectivity index is 1.47. The van der Waals surface area contributed by atoms with Gasteiger partial charge in [0.2, 0.25) is 5.91 Å². The Hall–Kier alpha value is -3.16. The lowest BCUT2D eigenvalue weighted by atomic mass is 9.93. The number of hydrogen-bond acceptors (Lipinski definition) is 4. The van der Waals surface area contributed by atoms with Crippen molar-refractivity contribution in [1.82, 2.24) is 20.4 Å². The van der Waals surface area contributed by atoms with Crippen molar-refractivity contribution >= 4 is 17.7 Å². The number of amides is 3. The molecule has 1 aliphatic heterocycles. The van der Waals surface area contributed by atoms with Crippen molar-refractivity contribution in [3.8, 4) is 0 Å². The summed E-state index contributed by atoms with van der Waals surface area (Å²) in [7, 11) is 0. The van der Waals surface area contributed by atoms with E-state index in [-0.39, 0.29) is 30.0 Å². The summed E-state index contributed by atoms with van der Waals surface area (Å²) in [6, 6.07) is 10.5. The van der Waals surface area contributed by atoms with Gasteiger partial charge in [-0.2, -0.15) is 5.10 Å². The summed E-state index contributed by atoms with van der Waals surface area (Å²) in [6.45, 7) is 1.17. The van der Waals surface area contributed by atoms with Crippen LogP contribution in [0.3, 0.4) is 0 Å². The summed E-state index contributed by atoms with van der Waals surface area (Å²) < 4.78 is 0. The highest BCUT2D eigenvalue weighted by atomic mass is 16.2. The van der Waals surface area contributed by atoms with Crippen molar-refractivity contribution in [3.63, 3.8) is 0 Å². The second-order valence-corrected chi connectivity index (χ2v) is 6.28. The van der Waals surface area contributed by atoms with Gasteiger partial charge in [0.15, 0.2) is 0 Å². The zero-order valence-electron chi connectivity index (χ0n) is 14.3. The molecular weight excluding hydrogens is 334 g/mol. The zero-order valence-corrected chi connectivity index (χ0v) is 14.3. The van der Waals surface area contributed by atoms with Crippen molar-refractivity contribution in [2.24, 2.45) is 5.73 Å². The van der Waals surface area contributed by atoms with Crippen molar-refractivity contribution in [1.29, 1.82) is 0 Å². The molecule has 8 heteroatoms. The monoisotopic (exact) mass is 355 g/mol. The normalized spacial score (nSPS) is 14.8. The van der Waals surface area contributed by atoms with Crippen molar-refractivity contribution in [2.75, 3.05) is 19.6 Å². The van der Waals surface area contributed by atoms with Gasteiger partial charge in [-0.3, -0.25) is 19.5 Å². The van der Waals surface area contributed by atoms with Crippen LogP contribution in [0.4, 0.5) is 0 Å². The minimum atomic E-state index is -0.561. The summed E-state index contributed by atoms with van der Waals surface area (Å²) in [5, 5.41) is 9.40. The van der Waals surface area contributed by atoms with Crippen LogP contribution >= 0.6 is 0 Å². The second kappa shape index (κ2) is 7.81. The van der Waals surface area contributed by atoms with Gasteiger partial charge in [0.25, 0.3) is 11.8 Å². The van der Waals surface area contributed by atoms with Gasteiger partial charge in [-0.05, 0) is 31.0 Å². The number of nitrogens with two attached hydrogens (primary N) is 1. The van der Waals surface area contributed by atoms with E-state index in [0.29, 0.717) is 18.7 Å². The second-order valence-electron chi connectivity index (χ2n) is 6.28. The fourth-order valence-corrected chi connectivity index (χ4v) is 3.07. The molecule has 0 atom stereocenters. The SMILES string of the molecule is NC(=O)c1cc(C2CCN(C(=O)CNC(=O)c3ccccc3)CC2)[nH]n1. The van der Waals surface area contributed by atoms with Gasteiger partial charge in [-0.25, -0.2) is 0 Å². The molecule has 0 aliphatic carbocycles. The van der Waals surface area contributed by atoms with Crippen LogP contribution in [-0.2, 0) is 4.79 Å². The topological polar surface area (TPSA) is 121 Å². The van der Waals surface area contributed by atoms with Crippen LogP contribution < -0.4 is 11.1 Å². The van der Waals surface area contributed by atoms with Crippen molar-refractivity contribution < 1.29 is 14.4 Å². The number of rotatable bonds is 5. The van der Waals surface area contributed by atoms with Crippen LogP contribution in [0.15, 0.2) is 36.4 Å². The molecule has 2 aromatic rings. The molecule has 0 spiro atoms. The van der Waals surface area contributed by atoms with Crippen LogP contribution in [-0.4, -0.2) is 52.5 Å². The van der Waals surface area contributed by atoms with E-state index in [4.69, 9.17) is 5.73 Å². The Morgan fingerprint density at radius 2 is 1.88 bits per heavy atom. The number of benzene rings is 1. The zero-order chi connectivity index (χ0) is 18.5. The van der Waals surface area contributed by atoms with E-state index in [1.165, 1.54) is 0 Å². The molecule has 1 aliphatic rings. The summed E-state index contributed by atoms with van der Waals surface area (Å²) in [4.78, 5) is 37.2. The number of nitrogens with zero attached hydrogens (tertiary/aromatic N) is 2. The standard InChI is InChI=1S/C18H21N5O3/c19-17(25)15-10-14(21-22-15)12-6-8-23(9-7-12)16(24)11-20-18(26)13-4-2-1-3-5-13/h1-5,10,12H,6-9,11H2,(H2,19,25)(H,20,26)(H,21,22). The molecule has 136 valence electrons. The summed E-state index contributed by atoms with van der Waals surface area (Å²) in [6.07, 6.45) is 1.53. The Labute approximate surface area is 150 Å². The minimum Gasteiger partial charge on any atom is -0.364 e. The van der Waals surface area contributed by atoms with E-state index in [9.17, 15) is 14.4 Å². The number of piperidine rings is 1. The lowest BCUT2D eigenvalue weighted by Crippen LogP contribution is -2.43. The molecule has 4 N–H and O–H groups in total. The van der Waals surface area contributed by atoms with E-state index in [2.05, 4.69) is 15.5 Å². The molecule has 2 heterocycles. The molecule has 1 saturated heterocycles. The van der Waals surface area contributed by atoms with Crippen molar-refractivity contribution in [3.05, 3.63) is 53.3 Å². The largest absolute Gasteiger partial charge is 0.364 e. The lowest BCUT2D eigenvalue weighted by molar-refractivity contribution is -0.131. The van der Waals surface area contributed by atoms with Crippen LogP contribution in [0.25, 0.3) is 0 Å². The Morgan fingerprint density at radius 3 is 2.50 bits per heavy atom. The maximum Gasteiger partial charge on any atom is 0.269 e. The number of nitrogens with one attached hydrogen (secondary N) is 2. The van der Waals surface area contributed by atoms with Gasteiger partial charge in [0.05, 0.1) is 6.54 Å². The predicted molar refractivity (Wildman–Crippen MR) is 94.4 cm³/mol. The third-order valence-corrected chi connectivity index (χ3v) is 4.57. The fourth-order valence-electron chi connectivity index (χ4n) is 3.07. The highest BCUT2D eigenvalue weighted by Gasteiger charge is 2.25. The molecule has 3 rings (SSSR count). The van der Waals surface area contributed by atoms with E-state index in [0.717, 1.165) is 18.5 Å². The first kappa shape index (κ1) is 17.7. The van der Waals surface area contributed by atoms with Gasteiger partial charge in [0, 0.05) is 30.3 Å². The predicted octanol–water partition coefficient (Wildman–Crippen LogP) is 0.645. The number of aromatic amines is 1. The summed E-state index contributed by atoms with van der Waals surface area (Å²) in [5.74, 6) is -0.715. The number of H-pyrrole nitrogens is 1. The van der Waals surface area contributed by atoms with Gasteiger partial charge >= 0.3 is 0 Å². The third kappa shape index (κ3) is 4.08. The Bertz CT molecular complexity index is 794. The highest BCUT2D eigenvalue weighted by Crippen LogP contribution is 2.26. The average molecular weight is 355 g/mol. The highest BCUT2D eigenvalue weighted by molar-refractivity contribution is 5.96. The number of hydrogen-bond donors (Lipinski definition) is 3. The summed E-state index contributed by atoms with van der Waals surface area (Å²) in [5.41, 5.74) is 6.83. The average Bonchev–Trinajstić information content (AvgIpc) is 3.17. The smallest absolute Gasteiger partial charge is 0.269 e. The van der Waals surface area contributed by atoms with E-state index < -0.39 is 5.91 Å². The van der Waals surface area contributed by atoms with Gasteiger partial charge < -0.3 is 16.0 Å². The minimum absolute atomic E-state index is 0.0196. The van der Waals surface area contributed by atoms with Gasteiger partial charge in [-0.1, -0.05) is 18.2 Å². The molecule has 0 saturated carbocycles. The van der Waals surface area contributed by atoms with Crippen molar-refractivity contribution in [2.45, 2.75) is 18.8 Å². The first-order valence-corrected chi connectivity index (χ1v) is 8.50. The molecule has 0 radical (unpaired) electrons. The maximum atomic E-state index is 12.3. The molecule has 1 aromatic heterocycles. The number of aromatic nitrogens is 2. The van der Waals surface area contributed by atoms with E-state index in [1.54, 1.807) is 35.2 Å². The van der Waals surface area contributed by atoms with Crippen LogP contribution in [0.1, 0.15) is 45.3 Å². The van der Waals surface area contributed by atoms with Gasteiger partial charge in [-0.15, -0.1) is 0 Å². The summed E-state index contributed by atoms with van der Waals surface area (Å²) >= 11 is 0. The Morgan fingerprint density at radius 1 is 1.19 bits per heavy atom. The van der Waals surface area contributed by atoms with E-state index >= 15 is 0 Å². The number of likely N-dealkylation sites (tertiary alicyclic amines) is 1. The molecule has 8 nitrogen and oxygen atoms in total. The first-order valence-electron chi connectivity index (χ1n) is 8.50. The first-order chi connectivity index (χ1) is 12.5. The van der Waals surface area contributed by atoms with Crippen LogP contribution in [0.5, 0.6) is 0 Å². The molecule has 0 bridgehead atoms. The molecule has 1 fully saturated rings. The lowest BCUT2D eigenvalue weighted by Gasteiger charge is -2.31. The quantitative estimate of drug-likeness (QED) is 0.729. The number of carbonyl (C=O) groups is 3. The van der Waals surface area contributed by atoms with Crippen LogP contribution in [0, 0.1) is 0 Å². The molecule has 3 amide bonds. The molecule has 26 heavy (non-hydrogen) atoms. The number of carbonyl (C=O) groups excluding carboxylic acids is 3. The number of primary amides is 1. The van der Waals surface area contributed by atoms with Gasteiger partial charge in [0.1, 0.15) is 5.69 Å².